The Morgan fingerprint density at radius 3 is 2.87 bits per heavy atom. The molecule has 1 fully saturated rings. The highest BCUT2D eigenvalue weighted by Crippen LogP contribution is 2.28. The molecule has 0 bridgehead atoms. The van der Waals surface area contributed by atoms with E-state index in [0.717, 1.165) is 66.5 Å². The van der Waals surface area contributed by atoms with Crippen molar-refractivity contribution in [1.82, 2.24) is 19.7 Å². The first-order valence-electron chi connectivity index (χ1n) is 10.8. The Morgan fingerprint density at radius 2 is 2.00 bits per heavy atom. The van der Waals surface area contributed by atoms with Gasteiger partial charge in [-0.2, -0.15) is 5.10 Å². The number of anilines is 1. The largest absolute Gasteiger partial charge is 0.378 e. The molecule has 1 aliphatic heterocycles. The van der Waals surface area contributed by atoms with Crippen LogP contribution >= 0.6 is 0 Å². The third-order valence-electron chi connectivity index (χ3n) is 5.70. The van der Waals surface area contributed by atoms with Crippen LogP contribution in [-0.2, 0) is 11.2 Å². The van der Waals surface area contributed by atoms with Crippen LogP contribution in [0.15, 0.2) is 54.9 Å². The van der Waals surface area contributed by atoms with Gasteiger partial charge < -0.3 is 14.6 Å². The van der Waals surface area contributed by atoms with Crippen LogP contribution in [0.2, 0.25) is 0 Å². The molecule has 0 radical (unpaired) electrons. The smallest absolute Gasteiger partial charge is 0.156 e. The van der Waals surface area contributed by atoms with Gasteiger partial charge >= 0.3 is 0 Å². The molecule has 1 aromatic carbocycles. The average Bonchev–Trinajstić information content (AvgIpc) is 3.47. The van der Waals surface area contributed by atoms with Gasteiger partial charge in [-0.05, 0) is 36.6 Å². The summed E-state index contributed by atoms with van der Waals surface area (Å²) in [5.41, 5.74) is 6.66. The molecule has 154 valence electrons. The van der Waals surface area contributed by atoms with Gasteiger partial charge in [-0.15, -0.1) is 0 Å². The number of unbranched alkanes of at least 4 members (excludes halogenated alkanes) is 1. The Balaban J connectivity index is 1.49. The number of hydrogen-bond donors (Lipinski definition) is 1. The van der Waals surface area contributed by atoms with E-state index >= 15 is 0 Å². The van der Waals surface area contributed by atoms with Crippen molar-refractivity contribution in [3.05, 3.63) is 60.4 Å². The summed E-state index contributed by atoms with van der Waals surface area (Å²) >= 11 is 0. The molecule has 1 aliphatic rings. The van der Waals surface area contributed by atoms with Crippen molar-refractivity contribution in [3.8, 4) is 17.1 Å². The fourth-order valence-electron chi connectivity index (χ4n) is 4.05. The third kappa shape index (κ3) is 3.71. The Morgan fingerprint density at radius 1 is 1.10 bits per heavy atom. The van der Waals surface area contributed by atoms with Crippen molar-refractivity contribution in [2.45, 2.75) is 26.2 Å². The molecule has 0 amide bonds. The molecule has 4 heterocycles. The maximum atomic E-state index is 5.53. The van der Waals surface area contributed by atoms with Gasteiger partial charge in [0.2, 0.25) is 0 Å². The van der Waals surface area contributed by atoms with Crippen molar-refractivity contribution < 1.29 is 4.74 Å². The highest BCUT2D eigenvalue weighted by atomic mass is 16.5. The molecule has 0 saturated carbocycles. The van der Waals surface area contributed by atoms with Gasteiger partial charge in [-0.3, -0.25) is 0 Å². The first-order chi connectivity index (χ1) is 14.8. The van der Waals surface area contributed by atoms with E-state index in [1.54, 1.807) is 0 Å². The number of ether oxygens (including phenoxy) is 1. The second kappa shape index (κ2) is 8.32. The van der Waals surface area contributed by atoms with E-state index in [0.29, 0.717) is 0 Å². The van der Waals surface area contributed by atoms with E-state index in [2.05, 4.69) is 53.2 Å². The molecule has 0 atom stereocenters. The molecule has 4 aromatic rings. The van der Waals surface area contributed by atoms with Crippen LogP contribution in [0.3, 0.4) is 0 Å². The first-order valence-corrected chi connectivity index (χ1v) is 10.8. The van der Waals surface area contributed by atoms with Crippen LogP contribution in [0.25, 0.3) is 28.1 Å². The summed E-state index contributed by atoms with van der Waals surface area (Å²) in [6.07, 6.45) is 7.47. The van der Waals surface area contributed by atoms with Gasteiger partial charge in [-0.1, -0.05) is 31.5 Å². The highest BCUT2D eigenvalue weighted by Gasteiger charge is 2.17. The number of benzene rings is 1. The monoisotopic (exact) mass is 401 g/mol. The Kier molecular flexibility index (Phi) is 5.24. The fraction of sp³-hybridized carbons (Fsp3) is 0.333. The van der Waals surface area contributed by atoms with E-state index in [-0.39, 0.29) is 0 Å². The molecule has 30 heavy (non-hydrogen) atoms. The topological polar surface area (TPSA) is 59.0 Å². The van der Waals surface area contributed by atoms with Crippen molar-refractivity contribution >= 4 is 16.7 Å². The SMILES string of the molecule is CCCCc1cccc(-c2ccn(-c3cc(N4CCOCC4)c4[nH]ccc4n3)n2)c1. The number of nitrogens with zero attached hydrogens (tertiary/aromatic N) is 4. The van der Waals surface area contributed by atoms with E-state index < -0.39 is 0 Å². The number of hydrogen-bond acceptors (Lipinski definition) is 4. The minimum atomic E-state index is 0.750. The molecule has 6 heteroatoms. The van der Waals surface area contributed by atoms with E-state index in [9.17, 15) is 0 Å². The van der Waals surface area contributed by atoms with Crippen LogP contribution < -0.4 is 4.90 Å². The molecular formula is C24H27N5O. The second-order valence-electron chi connectivity index (χ2n) is 7.79. The van der Waals surface area contributed by atoms with Crippen molar-refractivity contribution in [3.63, 3.8) is 0 Å². The molecular weight excluding hydrogens is 374 g/mol. The quantitative estimate of drug-likeness (QED) is 0.513. The van der Waals surface area contributed by atoms with Crippen LogP contribution in [0, 0.1) is 0 Å². The van der Waals surface area contributed by atoms with E-state index in [1.807, 2.05) is 23.1 Å². The lowest BCUT2D eigenvalue weighted by Crippen LogP contribution is -2.36. The molecule has 1 saturated heterocycles. The third-order valence-corrected chi connectivity index (χ3v) is 5.70. The molecule has 6 nitrogen and oxygen atoms in total. The highest BCUT2D eigenvalue weighted by molar-refractivity contribution is 5.90. The molecule has 5 rings (SSSR count). The molecule has 0 spiro atoms. The normalized spacial score (nSPS) is 14.5. The van der Waals surface area contributed by atoms with Gasteiger partial charge in [0.15, 0.2) is 5.82 Å². The maximum absolute atomic E-state index is 5.53. The Bertz CT molecular complexity index is 1140. The summed E-state index contributed by atoms with van der Waals surface area (Å²) in [6.45, 7) is 5.49. The van der Waals surface area contributed by atoms with Gasteiger partial charge in [0, 0.05) is 37.1 Å². The minimum absolute atomic E-state index is 0.750. The predicted octanol–water partition coefficient (Wildman–Crippen LogP) is 4.59. The van der Waals surface area contributed by atoms with Crippen molar-refractivity contribution in [1.29, 1.82) is 0 Å². The zero-order valence-corrected chi connectivity index (χ0v) is 17.3. The van der Waals surface area contributed by atoms with Crippen molar-refractivity contribution in [2.24, 2.45) is 0 Å². The molecule has 1 N–H and O–H groups in total. The summed E-state index contributed by atoms with van der Waals surface area (Å²) in [5.74, 6) is 0.831. The Hall–Kier alpha value is -3.12. The summed E-state index contributed by atoms with van der Waals surface area (Å²) in [5, 5.41) is 4.85. The van der Waals surface area contributed by atoms with Crippen LogP contribution in [0.4, 0.5) is 5.69 Å². The van der Waals surface area contributed by atoms with Crippen LogP contribution in [0.5, 0.6) is 0 Å². The van der Waals surface area contributed by atoms with Gasteiger partial charge in [-0.25, -0.2) is 9.67 Å². The zero-order chi connectivity index (χ0) is 20.3. The second-order valence-corrected chi connectivity index (χ2v) is 7.79. The fourth-order valence-corrected chi connectivity index (χ4v) is 4.05. The van der Waals surface area contributed by atoms with Crippen LogP contribution in [-0.4, -0.2) is 46.1 Å². The number of pyridine rings is 1. The van der Waals surface area contributed by atoms with Gasteiger partial charge in [0.1, 0.15) is 0 Å². The summed E-state index contributed by atoms with van der Waals surface area (Å²) in [4.78, 5) is 10.5. The maximum Gasteiger partial charge on any atom is 0.156 e. The van der Waals surface area contributed by atoms with Gasteiger partial charge in [0.05, 0.1) is 35.6 Å². The number of fused-ring (bicyclic) bond motifs is 1. The van der Waals surface area contributed by atoms with Crippen LogP contribution in [0.1, 0.15) is 25.3 Å². The predicted molar refractivity (Wildman–Crippen MR) is 120 cm³/mol. The summed E-state index contributed by atoms with van der Waals surface area (Å²) in [7, 11) is 0. The number of aromatic nitrogens is 4. The number of rotatable bonds is 6. The number of aryl methyl sites for hydroxylation is 1. The molecule has 0 aliphatic carbocycles. The van der Waals surface area contributed by atoms with E-state index in [4.69, 9.17) is 14.8 Å². The minimum Gasteiger partial charge on any atom is -0.378 e. The Labute approximate surface area is 176 Å². The standard InChI is InChI=1S/C24H27N5O/c1-2-3-5-18-6-4-7-19(16-18)20-9-11-29(27-20)23-17-22(28-12-14-30-15-13-28)24-21(26-23)8-10-25-24/h4,6-11,16-17,25H,2-3,5,12-15H2,1H3. The van der Waals surface area contributed by atoms with Gasteiger partial charge in [0.25, 0.3) is 0 Å². The molecule has 3 aromatic heterocycles. The lowest BCUT2D eigenvalue weighted by Gasteiger charge is -2.29. The summed E-state index contributed by atoms with van der Waals surface area (Å²) in [6, 6.07) is 14.9. The van der Waals surface area contributed by atoms with Crippen molar-refractivity contribution in [2.75, 3.05) is 31.2 Å². The first kappa shape index (κ1) is 18.9. The average molecular weight is 402 g/mol. The van der Waals surface area contributed by atoms with E-state index in [1.165, 1.54) is 18.4 Å². The summed E-state index contributed by atoms with van der Waals surface area (Å²) < 4.78 is 7.41. The zero-order valence-electron chi connectivity index (χ0n) is 17.3. The lowest BCUT2D eigenvalue weighted by molar-refractivity contribution is 0.123. The number of morpholine rings is 1. The lowest BCUT2D eigenvalue weighted by atomic mass is 10.0. The number of H-pyrrole nitrogens is 1. The number of aromatic amines is 1. The molecule has 0 unspecified atom stereocenters. The number of nitrogens with one attached hydrogen (secondary N) is 1.